The van der Waals surface area contributed by atoms with Gasteiger partial charge in [-0.05, 0) is 55.0 Å². The Bertz CT molecular complexity index is 788. The van der Waals surface area contributed by atoms with Crippen molar-refractivity contribution in [2.45, 2.75) is 45.6 Å². The van der Waals surface area contributed by atoms with Crippen LogP contribution in [0.15, 0.2) is 54.6 Å². The Morgan fingerprint density at radius 1 is 1.18 bits per heavy atom. The molecule has 150 valence electrons. The van der Waals surface area contributed by atoms with Crippen molar-refractivity contribution in [3.05, 3.63) is 71.3 Å². The number of benzene rings is 2. The molecule has 0 saturated carbocycles. The smallest absolute Gasteiger partial charge is 0.224 e. The zero-order chi connectivity index (χ0) is 19.1. The first-order chi connectivity index (χ1) is 13.2. The maximum absolute atomic E-state index is 12.4. The third kappa shape index (κ3) is 5.70. The third-order valence-electron chi connectivity index (χ3n) is 5.21. The Hall–Kier alpha value is -2.10. The van der Waals surface area contributed by atoms with E-state index in [2.05, 4.69) is 54.7 Å². The van der Waals surface area contributed by atoms with Crippen molar-refractivity contribution in [1.29, 1.82) is 0 Å². The summed E-state index contributed by atoms with van der Waals surface area (Å²) in [5.74, 6) is 0.0901. The zero-order valence-corrected chi connectivity index (χ0v) is 17.7. The van der Waals surface area contributed by atoms with Gasteiger partial charge < -0.3 is 10.2 Å². The van der Waals surface area contributed by atoms with Gasteiger partial charge in [-0.25, -0.2) is 0 Å². The summed E-state index contributed by atoms with van der Waals surface area (Å²) < 4.78 is 0. The second-order valence-corrected chi connectivity index (χ2v) is 7.25. The quantitative estimate of drug-likeness (QED) is 0.709. The van der Waals surface area contributed by atoms with E-state index < -0.39 is 0 Å². The van der Waals surface area contributed by atoms with Gasteiger partial charge in [-0.2, -0.15) is 0 Å². The fourth-order valence-corrected chi connectivity index (χ4v) is 3.82. The number of anilines is 1. The van der Waals surface area contributed by atoms with Crippen LogP contribution in [-0.2, 0) is 17.6 Å². The number of halogens is 1. The number of rotatable bonds is 7. The minimum absolute atomic E-state index is 0. The highest BCUT2D eigenvalue weighted by Gasteiger charge is 2.23. The molecule has 2 aromatic carbocycles. The van der Waals surface area contributed by atoms with Crippen LogP contribution in [0.3, 0.4) is 0 Å². The fourth-order valence-electron chi connectivity index (χ4n) is 3.82. The molecule has 2 aromatic rings. The molecule has 1 unspecified atom stereocenters. The number of nitrogens with zero attached hydrogens (tertiary/aromatic N) is 1. The Kier molecular flexibility index (Phi) is 8.75. The first-order valence-electron chi connectivity index (χ1n) is 10.0. The zero-order valence-electron chi connectivity index (χ0n) is 16.9. The van der Waals surface area contributed by atoms with Crippen LogP contribution in [0.25, 0.3) is 6.08 Å². The number of amides is 1. The Balaban J connectivity index is 0.00000280. The van der Waals surface area contributed by atoms with Crippen molar-refractivity contribution in [1.82, 2.24) is 5.32 Å². The highest BCUT2D eigenvalue weighted by Crippen LogP contribution is 2.31. The molecule has 0 heterocycles. The van der Waals surface area contributed by atoms with Gasteiger partial charge in [-0.1, -0.05) is 61.5 Å². The molecule has 4 heteroatoms. The largest absolute Gasteiger partial charge is 0.314 e. The SMILES string of the molecule is CCCNC1CCc2c(cccc2N(CC=Cc2ccccc2)C(C)=O)C1.Cl. The van der Waals surface area contributed by atoms with Crippen LogP contribution in [0.2, 0.25) is 0 Å². The summed E-state index contributed by atoms with van der Waals surface area (Å²) in [5, 5.41) is 3.64. The van der Waals surface area contributed by atoms with Crippen LogP contribution in [0.5, 0.6) is 0 Å². The van der Waals surface area contributed by atoms with Crippen molar-refractivity contribution in [2.75, 3.05) is 18.0 Å². The standard InChI is InChI=1S/C24H30N2O.ClH/c1-3-16-25-22-14-15-23-21(18-22)12-7-13-24(23)26(19(2)27)17-8-11-20-9-5-4-6-10-20;/h4-13,22,25H,3,14-18H2,1-2H3;1H. The van der Waals surface area contributed by atoms with Gasteiger partial charge >= 0.3 is 0 Å². The molecule has 0 bridgehead atoms. The molecule has 0 radical (unpaired) electrons. The Morgan fingerprint density at radius 2 is 1.96 bits per heavy atom. The van der Waals surface area contributed by atoms with Crippen molar-refractivity contribution >= 4 is 30.1 Å². The maximum Gasteiger partial charge on any atom is 0.224 e. The summed E-state index contributed by atoms with van der Waals surface area (Å²) in [4.78, 5) is 14.3. The lowest BCUT2D eigenvalue weighted by molar-refractivity contribution is -0.116. The fraction of sp³-hybridized carbons (Fsp3) is 0.375. The summed E-state index contributed by atoms with van der Waals surface area (Å²) in [5.41, 5.74) is 4.95. The van der Waals surface area contributed by atoms with Gasteiger partial charge in [0.25, 0.3) is 0 Å². The molecule has 1 aliphatic carbocycles. The lowest BCUT2D eigenvalue weighted by Crippen LogP contribution is -2.36. The normalized spacial score (nSPS) is 15.7. The van der Waals surface area contributed by atoms with Crippen molar-refractivity contribution in [2.24, 2.45) is 0 Å². The molecule has 1 aliphatic rings. The highest BCUT2D eigenvalue weighted by atomic mass is 35.5. The molecule has 28 heavy (non-hydrogen) atoms. The molecule has 0 aliphatic heterocycles. The van der Waals surface area contributed by atoms with Crippen molar-refractivity contribution in [3.8, 4) is 0 Å². The van der Waals surface area contributed by atoms with Crippen LogP contribution < -0.4 is 10.2 Å². The predicted octanol–water partition coefficient (Wildman–Crippen LogP) is 5.03. The second-order valence-electron chi connectivity index (χ2n) is 7.25. The van der Waals surface area contributed by atoms with E-state index in [9.17, 15) is 4.79 Å². The van der Waals surface area contributed by atoms with Crippen molar-refractivity contribution in [3.63, 3.8) is 0 Å². The molecule has 0 saturated heterocycles. The number of hydrogen-bond acceptors (Lipinski definition) is 2. The van der Waals surface area contributed by atoms with E-state index in [1.807, 2.05) is 23.1 Å². The molecule has 3 nitrogen and oxygen atoms in total. The molecule has 0 spiro atoms. The maximum atomic E-state index is 12.4. The van der Waals surface area contributed by atoms with Gasteiger partial charge in [-0.15, -0.1) is 12.4 Å². The summed E-state index contributed by atoms with van der Waals surface area (Å²) in [6, 6.07) is 17.2. The van der Waals surface area contributed by atoms with E-state index in [0.717, 1.165) is 43.5 Å². The van der Waals surface area contributed by atoms with Crippen LogP contribution in [0.4, 0.5) is 5.69 Å². The van der Waals surface area contributed by atoms with E-state index in [1.165, 1.54) is 11.1 Å². The average Bonchev–Trinajstić information content (AvgIpc) is 2.69. The van der Waals surface area contributed by atoms with E-state index in [-0.39, 0.29) is 18.3 Å². The highest BCUT2D eigenvalue weighted by molar-refractivity contribution is 5.93. The Labute approximate surface area is 175 Å². The summed E-state index contributed by atoms with van der Waals surface area (Å²) in [6.07, 6.45) is 8.53. The molecule has 1 atom stereocenters. The number of hydrogen-bond donors (Lipinski definition) is 1. The van der Waals surface area contributed by atoms with Gasteiger partial charge in [0.15, 0.2) is 0 Å². The van der Waals surface area contributed by atoms with Gasteiger partial charge in [0, 0.05) is 25.2 Å². The topological polar surface area (TPSA) is 32.3 Å². The molecule has 1 amide bonds. The first kappa shape index (κ1) is 22.2. The second kappa shape index (κ2) is 11.0. The molecule has 3 rings (SSSR count). The summed E-state index contributed by atoms with van der Waals surface area (Å²) >= 11 is 0. The van der Waals surface area contributed by atoms with Crippen molar-refractivity contribution < 1.29 is 4.79 Å². The van der Waals surface area contributed by atoms with E-state index in [1.54, 1.807) is 6.92 Å². The number of carbonyl (C=O) groups is 1. The predicted molar refractivity (Wildman–Crippen MR) is 121 cm³/mol. The number of fused-ring (bicyclic) bond motifs is 1. The van der Waals surface area contributed by atoms with E-state index in [0.29, 0.717) is 12.6 Å². The summed E-state index contributed by atoms with van der Waals surface area (Å²) in [6.45, 7) is 5.53. The number of carbonyl (C=O) groups excluding carboxylic acids is 1. The van der Waals surface area contributed by atoms with Crippen LogP contribution >= 0.6 is 12.4 Å². The minimum atomic E-state index is 0. The minimum Gasteiger partial charge on any atom is -0.314 e. The lowest BCUT2D eigenvalue weighted by Gasteiger charge is -2.30. The van der Waals surface area contributed by atoms with Gasteiger partial charge in [0.05, 0.1) is 0 Å². The summed E-state index contributed by atoms with van der Waals surface area (Å²) in [7, 11) is 0. The molecule has 0 aromatic heterocycles. The average molecular weight is 399 g/mol. The van der Waals surface area contributed by atoms with Crippen LogP contribution in [-0.4, -0.2) is 25.0 Å². The number of nitrogens with one attached hydrogen (secondary N) is 1. The van der Waals surface area contributed by atoms with Gasteiger partial charge in [-0.3, -0.25) is 4.79 Å². The molecule has 0 fully saturated rings. The van der Waals surface area contributed by atoms with E-state index in [4.69, 9.17) is 0 Å². The van der Waals surface area contributed by atoms with Crippen LogP contribution in [0.1, 0.15) is 43.4 Å². The lowest BCUT2D eigenvalue weighted by atomic mass is 9.86. The molecular formula is C24H31ClN2O. The molecule has 1 N–H and O–H groups in total. The van der Waals surface area contributed by atoms with Crippen LogP contribution in [0, 0.1) is 0 Å². The Morgan fingerprint density at radius 3 is 2.68 bits per heavy atom. The van der Waals surface area contributed by atoms with Gasteiger partial charge in [0.2, 0.25) is 5.91 Å². The van der Waals surface area contributed by atoms with E-state index >= 15 is 0 Å². The third-order valence-corrected chi connectivity index (χ3v) is 5.21. The van der Waals surface area contributed by atoms with Gasteiger partial charge in [0.1, 0.15) is 0 Å². The first-order valence-corrected chi connectivity index (χ1v) is 10.0. The molecular weight excluding hydrogens is 368 g/mol. The monoisotopic (exact) mass is 398 g/mol.